The summed E-state index contributed by atoms with van der Waals surface area (Å²) in [7, 11) is -22.9. The monoisotopic (exact) mass is 644 g/mol. The van der Waals surface area contributed by atoms with E-state index in [2.05, 4.69) is 16.7 Å². The van der Waals surface area contributed by atoms with Crippen LogP contribution in [-0.2, 0) is 67.8 Å². The first-order chi connectivity index (χ1) is 14.2. The van der Waals surface area contributed by atoms with E-state index in [0.29, 0.717) is 0 Å². The number of hydrogen-bond acceptors (Lipinski definition) is 18. The Kier molecular flexibility index (Phi) is 24.3. The summed E-state index contributed by atoms with van der Waals surface area (Å²) < 4.78 is 158. The van der Waals surface area contributed by atoms with Gasteiger partial charge in [0, 0.05) is 0 Å². The van der Waals surface area contributed by atoms with Crippen LogP contribution in [0.3, 0.4) is 0 Å². The molecule has 0 radical (unpaired) electrons. The smallest absolute Gasteiger partial charge is 0.726 e. The van der Waals surface area contributed by atoms with Gasteiger partial charge in [0.15, 0.2) is 12.4 Å². The van der Waals surface area contributed by atoms with Crippen LogP contribution >= 0.6 is 0 Å². The van der Waals surface area contributed by atoms with Gasteiger partial charge in [-0.25, -0.2) is 33.7 Å². The van der Waals surface area contributed by atoms with Crippen LogP contribution in [0.4, 0.5) is 0 Å². The van der Waals surface area contributed by atoms with E-state index in [-0.39, 0.29) is 131 Å². The molecule has 1 heterocycles. The van der Waals surface area contributed by atoms with Crippen LogP contribution in [0.5, 0.6) is 0 Å². The first-order valence-electron chi connectivity index (χ1n) is 7.96. The predicted octanol–water partition coefficient (Wildman–Crippen LogP) is -15.6. The van der Waals surface area contributed by atoms with Crippen molar-refractivity contribution in [2.75, 3.05) is 13.2 Å². The Morgan fingerprint density at radius 1 is 0.667 bits per heavy atom. The molecule has 0 saturated carbocycles. The van der Waals surface area contributed by atoms with Crippen LogP contribution in [0.25, 0.3) is 0 Å². The summed E-state index contributed by atoms with van der Waals surface area (Å²) >= 11 is 0. The molecular formula is C10H16Na4O18S4. The van der Waals surface area contributed by atoms with Crippen LogP contribution in [-0.4, -0.2) is 95.8 Å². The minimum Gasteiger partial charge on any atom is -0.726 e. The van der Waals surface area contributed by atoms with Gasteiger partial charge < -0.3 is 27.7 Å². The van der Waals surface area contributed by atoms with Gasteiger partial charge in [-0.15, -0.1) is 0 Å². The summed E-state index contributed by atoms with van der Waals surface area (Å²) in [5.74, 6) is -0.335. The maximum absolute atomic E-state index is 11.1. The van der Waals surface area contributed by atoms with Crippen molar-refractivity contribution in [1.82, 2.24) is 0 Å². The first kappa shape index (κ1) is 46.4. The molecule has 26 heteroatoms. The van der Waals surface area contributed by atoms with E-state index in [1.165, 1.54) is 0 Å². The Morgan fingerprint density at radius 2 is 1.06 bits per heavy atom. The van der Waals surface area contributed by atoms with Crippen molar-refractivity contribution < 1.29 is 196 Å². The summed E-state index contributed by atoms with van der Waals surface area (Å²) in [4.78, 5) is 0. The third kappa shape index (κ3) is 20.3. The van der Waals surface area contributed by atoms with Gasteiger partial charge in [-0.05, 0) is 5.92 Å². The van der Waals surface area contributed by atoms with Crippen molar-refractivity contribution in [3.05, 3.63) is 0 Å². The minimum atomic E-state index is -5.86. The molecule has 1 rings (SSSR count). The van der Waals surface area contributed by atoms with Gasteiger partial charge in [0.25, 0.3) is 0 Å². The normalized spacial score (nSPS) is 25.0. The summed E-state index contributed by atoms with van der Waals surface area (Å²) in [5, 5.41) is 0. The van der Waals surface area contributed by atoms with E-state index in [1.807, 2.05) is 0 Å². The molecule has 0 aromatic rings. The molecule has 18 nitrogen and oxygen atoms in total. The van der Waals surface area contributed by atoms with Gasteiger partial charge >= 0.3 is 118 Å². The van der Waals surface area contributed by atoms with Crippen LogP contribution in [0.2, 0.25) is 0 Å². The fraction of sp³-hybridized carbons (Fsp3) is 1.00. The summed E-state index contributed by atoms with van der Waals surface area (Å²) in [6.07, 6.45) is -12.4. The Balaban J connectivity index is -0.00000128. The van der Waals surface area contributed by atoms with E-state index in [9.17, 15) is 51.9 Å². The van der Waals surface area contributed by atoms with Gasteiger partial charge in [0.2, 0.25) is 41.6 Å². The SMILES string of the molecule is CC(C)CO[C@@H]1O[C@H](COS(=O)(=O)[O-])[C@H](OS(=O)(=O)[O-])[C@H](OS(=O)(=O)[O-])[C@H]1OS(=O)(=O)[O-].[Na+].[Na+].[Na+].[Na+]. The zero-order valence-corrected chi connectivity index (χ0v) is 31.1. The molecule has 5 atom stereocenters. The zero-order valence-electron chi connectivity index (χ0n) is 19.9. The average molecular weight is 644 g/mol. The number of hydrogen-bond donors (Lipinski definition) is 0. The molecule has 0 aromatic heterocycles. The molecule has 1 saturated heterocycles. The van der Waals surface area contributed by atoms with Crippen LogP contribution in [0, 0.1) is 5.92 Å². The van der Waals surface area contributed by atoms with Crippen molar-refractivity contribution in [1.29, 1.82) is 0 Å². The zero-order chi connectivity index (χ0) is 25.1. The topological polar surface area (TPSA) is 284 Å². The van der Waals surface area contributed by atoms with Gasteiger partial charge in [0.1, 0.15) is 18.3 Å². The Labute approximate surface area is 297 Å². The third-order valence-electron chi connectivity index (χ3n) is 3.25. The fourth-order valence-corrected chi connectivity index (χ4v) is 4.09. The van der Waals surface area contributed by atoms with Crippen molar-refractivity contribution in [3.8, 4) is 0 Å². The maximum Gasteiger partial charge on any atom is 1.00 e. The van der Waals surface area contributed by atoms with E-state index in [4.69, 9.17) is 9.47 Å². The van der Waals surface area contributed by atoms with Crippen molar-refractivity contribution in [2.45, 2.75) is 44.6 Å². The molecule has 1 aliphatic heterocycles. The summed E-state index contributed by atoms with van der Waals surface area (Å²) in [6, 6.07) is 0. The molecule has 0 unspecified atom stereocenters. The second kappa shape index (κ2) is 18.8. The minimum absolute atomic E-state index is 0. The Bertz CT molecular complexity index is 1060. The average Bonchev–Trinajstić information content (AvgIpc) is 2.51. The molecule has 0 bridgehead atoms. The summed E-state index contributed by atoms with van der Waals surface area (Å²) in [5.41, 5.74) is 0. The van der Waals surface area contributed by atoms with Gasteiger partial charge in [-0.3, -0.25) is 16.7 Å². The molecular weight excluding hydrogens is 628 g/mol. The van der Waals surface area contributed by atoms with E-state index in [1.54, 1.807) is 13.8 Å². The molecule has 1 fully saturated rings. The quantitative estimate of drug-likeness (QED) is 0.108. The van der Waals surface area contributed by atoms with Crippen molar-refractivity contribution >= 4 is 41.6 Å². The molecule has 0 amide bonds. The Hall–Kier alpha value is 3.40. The van der Waals surface area contributed by atoms with Crippen molar-refractivity contribution in [3.63, 3.8) is 0 Å². The molecule has 36 heavy (non-hydrogen) atoms. The number of ether oxygens (including phenoxy) is 2. The molecule has 0 aliphatic carbocycles. The third-order valence-corrected chi connectivity index (χ3v) is 5.05. The van der Waals surface area contributed by atoms with E-state index < -0.39 is 78.9 Å². The van der Waals surface area contributed by atoms with Gasteiger partial charge in [0.05, 0.1) is 13.2 Å². The van der Waals surface area contributed by atoms with E-state index >= 15 is 0 Å². The molecule has 192 valence electrons. The molecule has 0 aromatic carbocycles. The molecule has 0 N–H and O–H groups in total. The van der Waals surface area contributed by atoms with Gasteiger partial charge in [-0.2, -0.15) is 0 Å². The van der Waals surface area contributed by atoms with Gasteiger partial charge in [-0.1, -0.05) is 13.8 Å². The fourth-order valence-electron chi connectivity index (χ4n) is 2.32. The Morgan fingerprint density at radius 3 is 1.42 bits per heavy atom. The molecule has 0 spiro atoms. The standard InChI is InChI=1S/C10H20O18S4.4Na/c1-5(2)3-23-10-9(28-32(20,21)22)8(27-31(17,18)19)7(26-30(14,15)16)6(25-10)4-24-29(11,12)13;;;;/h5-10H,3-4H2,1-2H3,(H,11,12,13)(H,14,15,16)(H,17,18,19)(H,20,21,22);;;;/q;4*+1/p-4/t6-,7+,8+,9-,10-;;;;/m1..../s1. The second-order valence-electron chi connectivity index (χ2n) is 6.37. The van der Waals surface area contributed by atoms with Crippen LogP contribution in [0.15, 0.2) is 0 Å². The van der Waals surface area contributed by atoms with Crippen LogP contribution in [0.1, 0.15) is 13.8 Å². The maximum atomic E-state index is 11.1. The van der Waals surface area contributed by atoms with Crippen molar-refractivity contribution in [2.24, 2.45) is 5.92 Å². The largest absolute Gasteiger partial charge is 1.00 e. The second-order valence-corrected chi connectivity index (χ2v) is 10.4. The van der Waals surface area contributed by atoms with E-state index in [0.717, 1.165) is 0 Å². The van der Waals surface area contributed by atoms with Crippen LogP contribution < -0.4 is 118 Å². The summed E-state index contributed by atoms with van der Waals surface area (Å²) in [6.45, 7) is 1.33. The number of rotatable bonds is 12. The molecule has 1 aliphatic rings. The predicted molar refractivity (Wildman–Crippen MR) is 88.8 cm³/mol. The first-order valence-corrected chi connectivity index (χ1v) is 13.3.